The van der Waals surface area contributed by atoms with Crippen LogP contribution in [0.3, 0.4) is 0 Å². The molecule has 0 saturated carbocycles. The van der Waals surface area contributed by atoms with Crippen LogP contribution in [0.1, 0.15) is 27.5 Å². The van der Waals surface area contributed by atoms with E-state index < -0.39 is 5.97 Å². The van der Waals surface area contributed by atoms with Gasteiger partial charge in [-0.05, 0) is 25.1 Å². The molecule has 0 spiro atoms. The number of carboxylic acid groups (broad SMARTS) is 1. The Balaban J connectivity index is 1.91. The zero-order chi connectivity index (χ0) is 15.9. The van der Waals surface area contributed by atoms with Crippen molar-refractivity contribution in [2.24, 2.45) is 0 Å². The van der Waals surface area contributed by atoms with E-state index in [1.807, 2.05) is 12.3 Å². The summed E-state index contributed by atoms with van der Waals surface area (Å²) in [5.41, 5.74) is 1.27. The highest BCUT2D eigenvalue weighted by molar-refractivity contribution is 7.09. The number of nitrogens with one attached hydrogen (secondary N) is 1. The van der Waals surface area contributed by atoms with Crippen LogP contribution in [0.2, 0.25) is 0 Å². The molecule has 2 N–H and O–H groups in total. The first-order chi connectivity index (χ1) is 10.5. The average Bonchev–Trinajstić information content (AvgIpc) is 2.90. The number of carbonyl (C=O) groups is 2. The van der Waals surface area contributed by atoms with Gasteiger partial charge in [0, 0.05) is 17.5 Å². The third-order valence-electron chi connectivity index (χ3n) is 2.77. The van der Waals surface area contributed by atoms with Gasteiger partial charge >= 0.3 is 5.97 Å². The van der Waals surface area contributed by atoms with Gasteiger partial charge in [0.2, 0.25) is 0 Å². The molecule has 0 aliphatic carbocycles. The van der Waals surface area contributed by atoms with E-state index in [4.69, 9.17) is 9.84 Å². The van der Waals surface area contributed by atoms with E-state index in [0.29, 0.717) is 17.9 Å². The summed E-state index contributed by atoms with van der Waals surface area (Å²) in [6, 6.07) is 6.74. The monoisotopic (exact) mass is 320 g/mol. The minimum absolute atomic E-state index is 0.0946. The predicted octanol–water partition coefficient (Wildman–Crippen LogP) is 2.24. The zero-order valence-corrected chi connectivity index (χ0v) is 12.9. The molecule has 0 fully saturated rings. The van der Waals surface area contributed by atoms with Gasteiger partial charge < -0.3 is 15.2 Å². The number of carbonyl (C=O) groups excluding carboxylic acids is 1. The van der Waals surface area contributed by atoms with Crippen molar-refractivity contribution >= 4 is 23.2 Å². The van der Waals surface area contributed by atoms with Gasteiger partial charge in [0.1, 0.15) is 12.4 Å². The minimum atomic E-state index is -0.948. The number of hydrogen-bond acceptors (Lipinski definition) is 5. The number of rotatable bonds is 7. The molecular formula is C15H16N2O4S. The number of aromatic nitrogens is 1. The average molecular weight is 320 g/mol. The SMILES string of the molecule is Cc1nc(COc2cccc(C(=O)NCCC(=O)O)c2)cs1. The van der Waals surface area contributed by atoms with Crippen molar-refractivity contribution in [3.8, 4) is 5.75 Å². The third-order valence-corrected chi connectivity index (χ3v) is 3.60. The minimum Gasteiger partial charge on any atom is -0.487 e. The number of ether oxygens (including phenoxy) is 1. The number of aliphatic carboxylic acids is 1. The van der Waals surface area contributed by atoms with E-state index in [9.17, 15) is 9.59 Å². The molecule has 0 atom stereocenters. The number of hydrogen-bond donors (Lipinski definition) is 2. The van der Waals surface area contributed by atoms with E-state index >= 15 is 0 Å². The van der Waals surface area contributed by atoms with Crippen LogP contribution in [0.4, 0.5) is 0 Å². The molecule has 7 heteroatoms. The molecule has 2 aromatic rings. The molecule has 1 amide bonds. The lowest BCUT2D eigenvalue weighted by atomic mass is 10.2. The second-order valence-electron chi connectivity index (χ2n) is 4.57. The fraction of sp³-hybridized carbons (Fsp3) is 0.267. The fourth-order valence-corrected chi connectivity index (χ4v) is 2.34. The van der Waals surface area contributed by atoms with Gasteiger partial charge in [0.25, 0.3) is 5.91 Å². The first-order valence-corrected chi connectivity index (χ1v) is 7.56. The normalized spacial score (nSPS) is 10.2. The van der Waals surface area contributed by atoms with Gasteiger partial charge in [-0.15, -0.1) is 11.3 Å². The molecule has 0 bridgehead atoms. The summed E-state index contributed by atoms with van der Waals surface area (Å²) in [6.45, 7) is 2.36. The molecule has 0 aliphatic rings. The summed E-state index contributed by atoms with van der Waals surface area (Å²) < 4.78 is 5.61. The summed E-state index contributed by atoms with van der Waals surface area (Å²) in [5, 5.41) is 14.0. The van der Waals surface area contributed by atoms with E-state index in [1.54, 1.807) is 35.6 Å². The van der Waals surface area contributed by atoms with Crippen LogP contribution in [-0.4, -0.2) is 28.5 Å². The van der Waals surface area contributed by atoms with Gasteiger partial charge in [-0.2, -0.15) is 0 Å². The summed E-state index contributed by atoms with van der Waals surface area (Å²) in [6.07, 6.45) is -0.106. The quantitative estimate of drug-likeness (QED) is 0.817. The Kier molecular flexibility index (Phi) is 5.48. The highest BCUT2D eigenvalue weighted by Crippen LogP contribution is 2.16. The van der Waals surface area contributed by atoms with Crippen LogP contribution >= 0.6 is 11.3 Å². The number of benzene rings is 1. The van der Waals surface area contributed by atoms with Gasteiger partial charge in [-0.1, -0.05) is 6.07 Å². The molecule has 2 rings (SSSR count). The standard InChI is InChI=1S/C15H16N2O4S/c1-10-17-12(9-22-10)8-21-13-4-2-3-11(7-13)15(20)16-6-5-14(18)19/h2-4,7,9H,5-6,8H2,1H3,(H,16,20)(H,18,19). The Morgan fingerprint density at radius 3 is 2.91 bits per heavy atom. The second-order valence-corrected chi connectivity index (χ2v) is 5.64. The summed E-state index contributed by atoms with van der Waals surface area (Å²) in [5.74, 6) is -0.705. The number of thiazole rings is 1. The Morgan fingerprint density at radius 1 is 1.41 bits per heavy atom. The molecule has 6 nitrogen and oxygen atoms in total. The Hall–Kier alpha value is -2.41. The smallest absolute Gasteiger partial charge is 0.305 e. The van der Waals surface area contributed by atoms with E-state index in [0.717, 1.165) is 10.7 Å². The Bertz CT molecular complexity index is 669. The van der Waals surface area contributed by atoms with Crippen LogP contribution in [0.25, 0.3) is 0 Å². The number of amides is 1. The largest absolute Gasteiger partial charge is 0.487 e. The molecule has 1 heterocycles. The second kappa shape index (κ2) is 7.56. The fourth-order valence-electron chi connectivity index (χ4n) is 1.74. The number of nitrogens with zero attached hydrogens (tertiary/aromatic N) is 1. The van der Waals surface area contributed by atoms with Crippen molar-refractivity contribution in [2.75, 3.05) is 6.54 Å². The summed E-state index contributed by atoms with van der Waals surface area (Å²) >= 11 is 1.56. The highest BCUT2D eigenvalue weighted by Gasteiger charge is 2.08. The van der Waals surface area contributed by atoms with E-state index in [1.165, 1.54) is 0 Å². The van der Waals surface area contributed by atoms with Crippen LogP contribution < -0.4 is 10.1 Å². The molecule has 0 unspecified atom stereocenters. The molecule has 22 heavy (non-hydrogen) atoms. The molecule has 1 aromatic carbocycles. The van der Waals surface area contributed by atoms with Crippen molar-refractivity contribution in [3.05, 3.63) is 45.9 Å². The first kappa shape index (κ1) is 16.0. The van der Waals surface area contributed by atoms with Crippen LogP contribution in [0.5, 0.6) is 5.75 Å². The number of carboxylic acids is 1. The maximum atomic E-state index is 11.9. The lowest BCUT2D eigenvalue weighted by Gasteiger charge is -2.07. The molecule has 0 saturated heterocycles. The van der Waals surface area contributed by atoms with Crippen LogP contribution in [0.15, 0.2) is 29.6 Å². The zero-order valence-electron chi connectivity index (χ0n) is 12.0. The topological polar surface area (TPSA) is 88.5 Å². The van der Waals surface area contributed by atoms with E-state index in [-0.39, 0.29) is 18.9 Å². The Morgan fingerprint density at radius 2 is 2.23 bits per heavy atom. The number of aryl methyl sites for hydroxylation is 1. The molecule has 0 aliphatic heterocycles. The maximum Gasteiger partial charge on any atom is 0.305 e. The Labute approximate surface area is 131 Å². The maximum absolute atomic E-state index is 11.9. The van der Waals surface area contributed by atoms with Crippen molar-refractivity contribution in [1.29, 1.82) is 0 Å². The lowest BCUT2D eigenvalue weighted by molar-refractivity contribution is -0.136. The van der Waals surface area contributed by atoms with Gasteiger partial charge in [0.05, 0.1) is 17.1 Å². The molecule has 116 valence electrons. The van der Waals surface area contributed by atoms with Gasteiger partial charge in [0.15, 0.2) is 0 Å². The van der Waals surface area contributed by atoms with Gasteiger partial charge in [-0.25, -0.2) is 4.98 Å². The van der Waals surface area contributed by atoms with Crippen molar-refractivity contribution in [3.63, 3.8) is 0 Å². The van der Waals surface area contributed by atoms with Crippen molar-refractivity contribution in [2.45, 2.75) is 20.0 Å². The van der Waals surface area contributed by atoms with Crippen LogP contribution in [-0.2, 0) is 11.4 Å². The van der Waals surface area contributed by atoms with Crippen LogP contribution in [0, 0.1) is 6.92 Å². The lowest BCUT2D eigenvalue weighted by Crippen LogP contribution is -2.25. The van der Waals surface area contributed by atoms with Crippen molar-refractivity contribution in [1.82, 2.24) is 10.3 Å². The predicted molar refractivity (Wildman–Crippen MR) is 82.2 cm³/mol. The van der Waals surface area contributed by atoms with Crippen molar-refractivity contribution < 1.29 is 19.4 Å². The van der Waals surface area contributed by atoms with Gasteiger partial charge in [-0.3, -0.25) is 9.59 Å². The van der Waals surface area contributed by atoms with E-state index in [2.05, 4.69) is 10.3 Å². The highest BCUT2D eigenvalue weighted by atomic mass is 32.1. The third kappa shape index (κ3) is 4.85. The summed E-state index contributed by atoms with van der Waals surface area (Å²) in [4.78, 5) is 26.6. The molecule has 1 aromatic heterocycles. The molecular weight excluding hydrogens is 304 g/mol. The summed E-state index contributed by atoms with van der Waals surface area (Å²) in [7, 11) is 0. The first-order valence-electron chi connectivity index (χ1n) is 6.68. The molecule has 0 radical (unpaired) electrons.